The van der Waals surface area contributed by atoms with E-state index in [1.54, 1.807) is 12.1 Å². The fraction of sp³-hybridized carbons (Fsp3) is 0.0278. The summed E-state index contributed by atoms with van der Waals surface area (Å²) in [4.78, 5) is 10.6. The van der Waals surface area contributed by atoms with Crippen molar-refractivity contribution < 1.29 is 13.8 Å². The van der Waals surface area contributed by atoms with Crippen LogP contribution in [-0.2, 0) is 4.94 Å². The molecule has 6 heteroatoms. The first kappa shape index (κ1) is 21.2. The minimum atomic E-state index is -2.47. The highest BCUT2D eigenvalue weighted by atomic mass is 16.8. The van der Waals surface area contributed by atoms with Crippen molar-refractivity contribution in [3.8, 4) is 28.4 Å². The summed E-state index contributed by atoms with van der Waals surface area (Å²) in [5.74, 6) is 2.03. The molecule has 0 unspecified atom stereocenters. The van der Waals surface area contributed by atoms with Crippen LogP contribution in [0.15, 0.2) is 140 Å². The van der Waals surface area contributed by atoms with Crippen molar-refractivity contribution in [2.24, 2.45) is 0 Å². The number of fused-ring (bicyclic) bond motifs is 4. The SMILES string of the molecule is [2H]C([2H])([2H])N1ON(c2cccc(Oc3ccc4c5ccccc5n(-c5cc(-c6ccccc6)ccn5)c4c3)c2)c2ccccc21. The van der Waals surface area contributed by atoms with Gasteiger partial charge in [-0.15, -0.1) is 4.94 Å². The monoisotopic (exact) mass is 549 g/mol. The number of para-hydroxylation sites is 3. The van der Waals surface area contributed by atoms with Crippen LogP contribution >= 0.6 is 0 Å². The van der Waals surface area contributed by atoms with Gasteiger partial charge in [-0.2, -0.15) is 5.06 Å². The maximum atomic E-state index is 7.92. The van der Waals surface area contributed by atoms with Crippen LogP contribution in [0.3, 0.4) is 0 Å². The van der Waals surface area contributed by atoms with Gasteiger partial charge in [0.05, 0.1) is 28.1 Å². The normalized spacial score (nSPS) is 14.0. The molecule has 0 amide bonds. The summed E-state index contributed by atoms with van der Waals surface area (Å²) in [6.07, 6.45) is 1.84. The molecule has 3 heterocycles. The van der Waals surface area contributed by atoms with Crippen molar-refractivity contribution in [2.45, 2.75) is 0 Å². The lowest BCUT2D eigenvalue weighted by Crippen LogP contribution is -2.20. The Morgan fingerprint density at radius 1 is 0.643 bits per heavy atom. The molecule has 0 bridgehead atoms. The average Bonchev–Trinajstić information content (AvgIpc) is 3.62. The van der Waals surface area contributed by atoms with Crippen molar-refractivity contribution in [2.75, 3.05) is 17.1 Å². The van der Waals surface area contributed by atoms with E-state index in [1.165, 1.54) is 5.06 Å². The smallest absolute Gasteiger partial charge is 0.138 e. The molecule has 2 aromatic heterocycles. The molecule has 1 aliphatic heterocycles. The molecule has 7 aromatic rings. The van der Waals surface area contributed by atoms with Crippen molar-refractivity contribution in [3.63, 3.8) is 0 Å². The zero-order valence-electron chi connectivity index (χ0n) is 25.4. The first-order valence-electron chi connectivity index (χ1n) is 15.1. The first-order chi connectivity index (χ1) is 21.9. The maximum Gasteiger partial charge on any atom is 0.138 e. The van der Waals surface area contributed by atoms with Crippen LogP contribution in [0, 0.1) is 0 Å². The Balaban J connectivity index is 1.18. The third kappa shape index (κ3) is 4.05. The Labute approximate surface area is 247 Å². The Morgan fingerprint density at radius 3 is 2.33 bits per heavy atom. The zero-order valence-corrected chi connectivity index (χ0v) is 22.4. The van der Waals surface area contributed by atoms with Gasteiger partial charge >= 0.3 is 0 Å². The van der Waals surface area contributed by atoms with Gasteiger partial charge in [0.15, 0.2) is 0 Å². The zero-order chi connectivity index (χ0) is 30.5. The highest BCUT2D eigenvalue weighted by molar-refractivity contribution is 6.09. The lowest BCUT2D eigenvalue weighted by atomic mass is 10.1. The Hall–Kier alpha value is -5.59. The van der Waals surface area contributed by atoms with E-state index in [0.29, 0.717) is 28.6 Å². The fourth-order valence-electron chi connectivity index (χ4n) is 5.58. The third-order valence-corrected chi connectivity index (χ3v) is 7.50. The molecule has 202 valence electrons. The number of hydrogen-bond donors (Lipinski definition) is 0. The summed E-state index contributed by atoms with van der Waals surface area (Å²) in [6.45, 7) is -2.47. The van der Waals surface area contributed by atoms with Gasteiger partial charge in [0.2, 0.25) is 0 Å². The maximum absolute atomic E-state index is 7.92. The number of aromatic nitrogens is 2. The van der Waals surface area contributed by atoms with Gasteiger partial charge in [0, 0.05) is 40.2 Å². The van der Waals surface area contributed by atoms with Crippen LogP contribution in [-0.4, -0.2) is 16.5 Å². The number of hydrogen-bond acceptors (Lipinski definition) is 5. The second-order valence-corrected chi connectivity index (χ2v) is 10.1. The van der Waals surface area contributed by atoms with Crippen molar-refractivity contribution in [1.82, 2.24) is 9.55 Å². The summed E-state index contributed by atoms with van der Waals surface area (Å²) >= 11 is 0. The highest BCUT2D eigenvalue weighted by Gasteiger charge is 2.26. The lowest BCUT2D eigenvalue weighted by molar-refractivity contribution is 0.142. The van der Waals surface area contributed by atoms with Crippen LogP contribution in [0.4, 0.5) is 17.1 Å². The number of pyridine rings is 1. The third-order valence-electron chi connectivity index (χ3n) is 7.50. The van der Waals surface area contributed by atoms with Crippen molar-refractivity contribution in [3.05, 3.63) is 140 Å². The molecular formula is C36H26N4O2. The Bertz CT molecular complexity index is 2200. The van der Waals surface area contributed by atoms with Gasteiger partial charge in [-0.05, 0) is 65.7 Å². The molecule has 0 spiro atoms. The average molecular weight is 550 g/mol. The summed E-state index contributed by atoms with van der Waals surface area (Å²) in [5, 5.41) is 4.66. The molecule has 5 aromatic carbocycles. The molecule has 0 saturated carbocycles. The summed E-state index contributed by atoms with van der Waals surface area (Å²) in [5.41, 5.74) is 5.94. The van der Waals surface area contributed by atoms with E-state index < -0.39 is 6.98 Å². The second kappa shape index (κ2) is 9.80. The number of rotatable bonds is 5. The van der Waals surface area contributed by atoms with E-state index in [0.717, 1.165) is 43.8 Å². The summed E-state index contributed by atoms with van der Waals surface area (Å²) in [6, 6.07) is 43.3. The van der Waals surface area contributed by atoms with E-state index in [4.69, 9.17) is 18.8 Å². The molecule has 0 radical (unpaired) electrons. The van der Waals surface area contributed by atoms with Crippen LogP contribution in [0.25, 0.3) is 38.8 Å². The van der Waals surface area contributed by atoms with Crippen LogP contribution in [0.2, 0.25) is 0 Å². The summed E-state index contributed by atoms with van der Waals surface area (Å²) in [7, 11) is 0. The number of hydroxylamine groups is 1. The molecule has 0 N–H and O–H groups in total. The van der Waals surface area contributed by atoms with Crippen molar-refractivity contribution in [1.29, 1.82) is 0 Å². The lowest BCUT2D eigenvalue weighted by Gasteiger charge is -2.18. The Kier molecular flexibility index (Phi) is 4.95. The molecule has 42 heavy (non-hydrogen) atoms. The second-order valence-electron chi connectivity index (χ2n) is 10.1. The highest BCUT2D eigenvalue weighted by Crippen LogP contribution is 2.42. The van der Waals surface area contributed by atoms with Crippen LogP contribution in [0.5, 0.6) is 11.5 Å². The fourth-order valence-corrected chi connectivity index (χ4v) is 5.58. The predicted octanol–water partition coefficient (Wildman–Crippen LogP) is 9.07. The molecule has 0 fully saturated rings. The molecular weight excluding hydrogens is 520 g/mol. The minimum absolute atomic E-state index is 0.465. The van der Waals surface area contributed by atoms with Gasteiger partial charge in [0.1, 0.15) is 17.3 Å². The number of ether oxygens (including phenoxy) is 1. The van der Waals surface area contributed by atoms with Gasteiger partial charge in [-0.1, -0.05) is 66.7 Å². The molecule has 0 aliphatic carbocycles. The van der Waals surface area contributed by atoms with E-state index in [2.05, 4.69) is 41.0 Å². The quantitative estimate of drug-likeness (QED) is 0.214. The van der Waals surface area contributed by atoms with E-state index in [-0.39, 0.29) is 0 Å². The number of anilines is 3. The molecule has 1 aliphatic rings. The van der Waals surface area contributed by atoms with Crippen molar-refractivity contribution >= 4 is 38.9 Å². The number of nitrogens with zero attached hydrogens (tertiary/aromatic N) is 4. The molecule has 0 atom stereocenters. The largest absolute Gasteiger partial charge is 0.457 e. The minimum Gasteiger partial charge on any atom is -0.457 e. The molecule has 6 nitrogen and oxygen atoms in total. The van der Waals surface area contributed by atoms with Crippen LogP contribution in [0.1, 0.15) is 4.11 Å². The standard InChI is InChI=1S/C36H26N4O2/c1-38-33-16-7-8-17-34(33)40(42-38)27-12-9-13-28(23-27)41-29-18-19-31-30-14-5-6-15-32(30)39(35(31)24-29)36-22-26(20-21-37-36)25-10-3-2-4-11-25/h2-24H,1H3/i1D3. The van der Waals surface area contributed by atoms with Gasteiger partial charge in [-0.3, -0.25) is 4.57 Å². The van der Waals surface area contributed by atoms with E-state index in [9.17, 15) is 0 Å². The molecule has 0 saturated heterocycles. The summed E-state index contributed by atoms with van der Waals surface area (Å²) < 4.78 is 32.3. The van der Waals surface area contributed by atoms with Crippen LogP contribution < -0.4 is 14.9 Å². The number of benzene rings is 5. The first-order valence-corrected chi connectivity index (χ1v) is 13.6. The Morgan fingerprint density at radius 2 is 1.43 bits per heavy atom. The topological polar surface area (TPSA) is 42.8 Å². The molecule has 8 rings (SSSR count). The van der Waals surface area contributed by atoms with E-state index in [1.807, 2.05) is 91.1 Å². The van der Waals surface area contributed by atoms with Gasteiger partial charge in [0.25, 0.3) is 0 Å². The van der Waals surface area contributed by atoms with Gasteiger partial charge < -0.3 is 4.74 Å². The van der Waals surface area contributed by atoms with E-state index >= 15 is 0 Å². The predicted molar refractivity (Wildman–Crippen MR) is 169 cm³/mol. The van der Waals surface area contributed by atoms with Gasteiger partial charge in [-0.25, -0.2) is 10.0 Å².